The molecule has 31 heavy (non-hydrogen) atoms. The minimum Gasteiger partial charge on any atom is -0.497 e. The molecular weight excluding hydrogens is 412 g/mol. The van der Waals surface area contributed by atoms with Crippen LogP contribution >= 0.6 is 11.8 Å². The van der Waals surface area contributed by atoms with Crippen molar-refractivity contribution < 1.29 is 14.3 Å². The van der Waals surface area contributed by atoms with E-state index in [2.05, 4.69) is 4.98 Å². The molecule has 1 heterocycles. The maximum absolute atomic E-state index is 13.3. The molecule has 0 saturated carbocycles. The third-order valence-corrected chi connectivity index (χ3v) is 5.73. The van der Waals surface area contributed by atoms with E-state index in [1.807, 2.05) is 24.3 Å². The van der Waals surface area contributed by atoms with E-state index in [9.17, 15) is 9.59 Å². The molecule has 1 aromatic heterocycles. The second-order valence-corrected chi connectivity index (χ2v) is 7.61. The van der Waals surface area contributed by atoms with Crippen LogP contribution in [-0.4, -0.2) is 35.3 Å². The molecule has 6 nitrogen and oxygen atoms in total. The summed E-state index contributed by atoms with van der Waals surface area (Å²) >= 11 is 1.21. The average molecular weight is 433 g/mol. The smallest absolute Gasteiger partial charge is 0.266 e. The molecule has 156 valence electrons. The van der Waals surface area contributed by atoms with Gasteiger partial charge >= 0.3 is 0 Å². The van der Waals surface area contributed by atoms with Crippen molar-refractivity contribution in [1.29, 1.82) is 0 Å². The first-order chi connectivity index (χ1) is 15.1. The van der Waals surface area contributed by atoms with Crippen LogP contribution in [0.4, 0.5) is 0 Å². The number of rotatable bonds is 7. The lowest BCUT2D eigenvalue weighted by molar-refractivity contribution is 0.101. The number of hydrogen-bond donors (Lipinski definition) is 0. The number of aromatic nitrogens is 2. The van der Waals surface area contributed by atoms with Crippen molar-refractivity contribution in [3.05, 3.63) is 88.7 Å². The summed E-state index contributed by atoms with van der Waals surface area (Å²) in [5.74, 6) is 1.14. The number of carbonyl (C=O) groups is 1. The predicted octanol–water partition coefficient (Wildman–Crippen LogP) is 4.38. The van der Waals surface area contributed by atoms with Crippen molar-refractivity contribution in [2.45, 2.75) is 5.16 Å². The quantitative estimate of drug-likeness (QED) is 0.245. The van der Waals surface area contributed by atoms with Crippen LogP contribution in [0.25, 0.3) is 16.6 Å². The Morgan fingerprint density at radius 3 is 2.55 bits per heavy atom. The molecule has 0 aliphatic rings. The number of nitrogens with zero attached hydrogens (tertiary/aromatic N) is 2. The lowest BCUT2D eigenvalue weighted by Crippen LogP contribution is -2.22. The number of Topliss-reactive ketones (excluding diaryl/α,β-unsaturated/α-hetero) is 1. The summed E-state index contributed by atoms with van der Waals surface area (Å²) in [6, 6.07) is 21.5. The molecule has 0 unspecified atom stereocenters. The number of benzene rings is 3. The maximum atomic E-state index is 13.3. The highest BCUT2D eigenvalue weighted by molar-refractivity contribution is 7.99. The molecule has 0 N–H and O–H groups in total. The molecule has 0 atom stereocenters. The van der Waals surface area contributed by atoms with Gasteiger partial charge in [0.1, 0.15) is 11.5 Å². The van der Waals surface area contributed by atoms with Crippen molar-refractivity contribution in [3.8, 4) is 17.2 Å². The first-order valence-electron chi connectivity index (χ1n) is 9.57. The van der Waals surface area contributed by atoms with Crippen LogP contribution < -0.4 is 15.0 Å². The summed E-state index contributed by atoms with van der Waals surface area (Å²) < 4.78 is 12.1. The fraction of sp³-hybridized carbons (Fsp3) is 0.125. The number of hydrogen-bond acceptors (Lipinski definition) is 6. The summed E-state index contributed by atoms with van der Waals surface area (Å²) in [5, 5.41) is 0.936. The van der Waals surface area contributed by atoms with Crippen molar-refractivity contribution >= 4 is 28.4 Å². The predicted molar refractivity (Wildman–Crippen MR) is 122 cm³/mol. The molecule has 0 radical (unpaired) electrons. The molecule has 4 aromatic rings. The number of para-hydroxylation sites is 2. The van der Waals surface area contributed by atoms with Crippen LogP contribution in [-0.2, 0) is 0 Å². The van der Waals surface area contributed by atoms with Crippen LogP contribution in [0.1, 0.15) is 10.4 Å². The number of methoxy groups -OCH3 is 2. The fourth-order valence-electron chi connectivity index (χ4n) is 3.27. The third kappa shape index (κ3) is 4.18. The molecule has 0 aliphatic carbocycles. The molecule has 0 spiro atoms. The highest BCUT2D eigenvalue weighted by atomic mass is 32.2. The highest BCUT2D eigenvalue weighted by Crippen LogP contribution is 2.26. The number of ether oxygens (including phenoxy) is 2. The van der Waals surface area contributed by atoms with Crippen molar-refractivity contribution in [1.82, 2.24) is 9.55 Å². The Labute approximate surface area is 183 Å². The van der Waals surface area contributed by atoms with Gasteiger partial charge in [0.05, 0.1) is 42.1 Å². The minimum absolute atomic E-state index is 0.106. The summed E-state index contributed by atoms with van der Waals surface area (Å²) in [4.78, 5) is 30.9. The molecule has 7 heteroatoms. The number of ketones is 1. The number of thioether (sulfide) groups is 1. The van der Waals surface area contributed by atoms with Gasteiger partial charge in [-0.25, -0.2) is 4.98 Å². The van der Waals surface area contributed by atoms with E-state index in [0.29, 0.717) is 38.8 Å². The van der Waals surface area contributed by atoms with E-state index in [1.54, 1.807) is 55.6 Å². The van der Waals surface area contributed by atoms with Crippen LogP contribution in [0, 0.1) is 0 Å². The Bertz CT molecular complexity index is 1320. The van der Waals surface area contributed by atoms with Gasteiger partial charge in [-0.05, 0) is 36.4 Å². The van der Waals surface area contributed by atoms with E-state index in [4.69, 9.17) is 9.47 Å². The van der Waals surface area contributed by atoms with Crippen LogP contribution in [0.5, 0.6) is 11.5 Å². The Morgan fingerprint density at radius 2 is 1.74 bits per heavy atom. The third-order valence-electron chi connectivity index (χ3n) is 4.80. The van der Waals surface area contributed by atoms with Crippen molar-refractivity contribution in [3.63, 3.8) is 0 Å². The molecule has 0 saturated heterocycles. The molecule has 0 aliphatic heterocycles. The van der Waals surface area contributed by atoms with E-state index in [-0.39, 0.29) is 17.1 Å². The molecular formula is C24H20N2O4S. The lowest BCUT2D eigenvalue weighted by atomic mass is 10.1. The van der Waals surface area contributed by atoms with Crippen LogP contribution in [0.15, 0.2) is 82.7 Å². The topological polar surface area (TPSA) is 70.4 Å². The van der Waals surface area contributed by atoms with Gasteiger partial charge in [0.2, 0.25) is 0 Å². The lowest BCUT2D eigenvalue weighted by Gasteiger charge is -2.14. The average Bonchev–Trinajstić information content (AvgIpc) is 2.82. The monoisotopic (exact) mass is 432 g/mol. The standard InChI is InChI=1S/C24H20N2O4S/c1-29-17-9-7-8-16(14-17)26-23(28)18-10-3-5-12-20(18)25-24(26)31-15-21(27)19-11-4-6-13-22(19)30-2/h3-14H,15H2,1-2H3. The Balaban J connectivity index is 1.77. The van der Waals surface area contributed by atoms with E-state index in [1.165, 1.54) is 23.4 Å². The molecule has 0 amide bonds. The first kappa shape index (κ1) is 20.7. The Kier molecular flexibility index (Phi) is 6.04. The maximum Gasteiger partial charge on any atom is 0.266 e. The second-order valence-electron chi connectivity index (χ2n) is 6.67. The van der Waals surface area contributed by atoms with Crippen molar-refractivity contribution in [2.75, 3.05) is 20.0 Å². The zero-order valence-corrected chi connectivity index (χ0v) is 17.9. The second kappa shape index (κ2) is 9.06. The fourth-order valence-corrected chi connectivity index (χ4v) is 4.17. The molecule has 0 fully saturated rings. The van der Waals surface area contributed by atoms with Gasteiger partial charge in [0.15, 0.2) is 10.9 Å². The summed E-state index contributed by atoms with van der Waals surface area (Å²) in [6.45, 7) is 0. The minimum atomic E-state index is -0.203. The molecule has 4 rings (SSSR count). The summed E-state index contributed by atoms with van der Waals surface area (Å²) in [5.41, 5.74) is 1.49. The van der Waals surface area contributed by atoms with Gasteiger partial charge in [0.25, 0.3) is 5.56 Å². The van der Waals surface area contributed by atoms with E-state index in [0.717, 1.165) is 0 Å². The van der Waals surface area contributed by atoms with Gasteiger partial charge in [-0.2, -0.15) is 0 Å². The molecule has 0 bridgehead atoms. The normalized spacial score (nSPS) is 10.8. The van der Waals surface area contributed by atoms with E-state index < -0.39 is 0 Å². The SMILES string of the molecule is COc1cccc(-n2c(SCC(=O)c3ccccc3OC)nc3ccccc3c2=O)c1. The summed E-state index contributed by atoms with van der Waals surface area (Å²) in [6.07, 6.45) is 0. The highest BCUT2D eigenvalue weighted by Gasteiger charge is 2.17. The van der Waals surface area contributed by atoms with Gasteiger partial charge in [-0.3, -0.25) is 14.2 Å². The van der Waals surface area contributed by atoms with Gasteiger partial charge in [-0.1, -0.05) is 42.1 Å². The number of fused-ring (bicyclic) bond motifs is 1. The van der Waals surface area contributed by atoms with Gasteiger partial charge in [-0.15, -0.1) is 0 Å². The van der Waals surface area contributed by atoms with Gasteiger partial charge < -0.3 is 9.47 Å². The van der Waals surface area contributed by atoms with E-state index >= 15 is 0 Å². The summed E-state index contributed by atoms with van der Waals surface area (Å²) in [7, 11) is 3.10. The van der Waals surface area contributed by atoms with Crippen LogP contribution in [0.2, 0.25) is 0 Å². The number of carbonyl (C=O) groups excluding carboxylic acids is 1. The first-order valence-corrected chi connectivity index (χ1v) is 10.6. The van der Waals surface area contributed by atoms with Crippen molar-refractivity contribution in [2.24, 2.45) is 0 Å². The zero-order valence-electron chi connectivity index (χ0n) is 17.1. The largest absolute Gasteiger partial charge is 0.497 e. The Morgan fingerprint density at radius 1 is 0.968 bits per heavy atom. The van der Waals surface area contributed by atoms with Gasteiger partial charge in [0, 0.05) is 6.07 Å². The van der Waals surface area contributed by atoms with Crippen LogP contribution in [0.3, 0.4) is 0 Å². The molecule has 3 aromatic carbocycles. The Hall–Kier alpha value is -3.58. The zero-order chi connectivity index (χ0) is 21.8.